The van der Waals surface area contributed by atoms with Crippen molar-refractivity contribution in [3.05, 3.63) is 24.3 Å². The Morgan fingerprint density at radius 2 is 2.00 bits per heavy atom. The molecule has 2 rings (SSSR count). The number of halogens is 1. The molecule has 0 bridgehead atoms. The highest BCUT2D eigenvalue weighted by Gasteiger charge is 2.27. The van der Waals surface area contributed by atoms with E-state index in [2.05, 4.69) is 5.32 Å². The molecule has 0 aliphatic carbocycles. The number of hydrogen-bond donors (Lipinski definition) is 1. The normalized spacial score (nSPS) is 17.0. The second-order valence-corrected chi connectivity index (χ2v) is 5.21. The minimum Gasteiger partial charge on any atom is -0.497 e. The SMILES string of the molecule is CNCC1CCCN1C(=O)CCOc1ccc(OC)cc1.Cl. The number of nitrogens with zero attached hydrogens (tertiary/aromatic N) is 1. The Hall–Kier alpha value is -1.46. The fraction of sp³-hybridized carbons (Fsp3) is 0.562. The van der Waals surface area contributed by atoms with Gasteiger partial charge in [-0.2, -0.15) is 0 Å². The minimum absolute atomic E-state index is 0. The standard InChI is InChI=1S/C16H24N2O3.ClH/c1-17-12-13-4-3-10-18(13)16(19)9-11-21-15-7-5-14(20-2)6-8-15;/h5-8,13,17H,3-4,9-12H2,1-2H3;1H. The predicted molar refractivity (Wildman–Crippen MR) is 89.0 cm³/mol. The number of methoxy groups -OCH3 is 1. The predicted octanol–water partition coefficient (Wildman–Crippen LogP) is 2.10. The molecule has 1 aromatic rings. The van der Waals surface area contributed by atoms with Gasteiger partial charge in [0, 0.05) is 19.1 Å². The van der Waals surface area contributed by atoms with Crippen LogP contribution in [0.25, 0.3) is 0 Å². The Bertz CT molecular complexity index is 453. The summed E-state index contributed by atoms with van der Waals surface area (Å²) in [6.07, 6.45) is 2.61. The number of rotatable bonds is 7. The monoisotopic (exact) mass is 328 g/mol. The highest BCUT2D eigenvalue weighted by molar-refractivity contribution is 5.85. The van der Waals surface area contributed by atoms with Crippen molar-refractivity contribution in [2.75, 3.05) is 33.9 Å². The smallest absolute Gasteiger partial charge is 0.226 e. The van der Waals surface area contributed by atoms with E-state index in [1.807, 2.05) is 36.2 Å². The molecule has 1 N–H and O–H groups in total. The van der Waals surface area contributed by atoms with Crippen LogP contribution in [0.15, 0.2) is 24.3 Å². The molecule has 1 aliphatic rings. The van der Waals surface area contributed by atoms with Crippen LogP contribution >= 0.6 is 12.4 Å². The molecular formula is C16H25ClN2O3. The van der Waals surface area contributed by atoms with E-state index in [0.717, 1.165) is 37.4 Å². The van der Waals surface area contributed by atoms with E-state index >= 15 is 0 Å². The number of nitrogens with one attached hydrogen (secondary N) is 1. The number of benzene rings is 1. The van der Waals surface area contributed by atoms with Crippen LogP contribution < -0.4 is 14.8 Å². The summed E-state index contributed by atoms with van der Waals surface area (Å²) in [5, 5.41) is 3.15. The molecule has 1 atom stereocenters. The summed E-state index contributed by atoms with van der Waals surface area (Å²) in [7, 11) is 3.56. The van der Waals surface area contributed by atoms with Crippen LogP contribution in [0.5, 0.6) is 11.5 Å². The topological polar surface area (TPSA) is 50.8 Å². The first-order chi connectivity index (χ1) is 10.2. The van der Waals surface area contributed by atoms with Gasteiger partial charge in [-0.1, -0.05) is 0 Å². The zero-order valence-corrected chi connectivity index (χ0v) is 14.0. The van der Waals surface area contributed by atoms with E-state index in [1.54, 1.807) is 7.11 Å². The van der Waals surface area contributed by atoms with Crippen molar-refractivity contribution in [1.82, 2.24) is 10.2 Å². The first-order valence-corrected chi connectivity index (χ1v) is 7.45. The van der Waals surface area contributed by atoms with Gasteiger partial charge < -0.3 is 19.7 Å². The van der Waals surface area contributed by atoms with E-state index in [1.165, 1.54) is 0 Å². The minimum atomic E-state index is 0. The van der Waals surface area contributed by atoms with Crippen LogP contribution in [0.4, 0.5) is 0 Å². The molecule has 22 heavy (non-hydrogen) atoms. The van der Waals surface area contributed by atoms with Crippen LogP contribution in [0.1, 0.15) is 19.3 Å². The number of ether oxygens (including phenoxy) is 2. The molecule has 1 fully saturated rings. The average molecular weight is 329 g/mol. The molecule has 124 valence electrons. The summed E-state index contributed by atoms with van der Waals surface area (Å²) in [4.78, 5) is 14.2. The van der Waals surface area contributed by atoms with Crippen molar-refractivity contribution in [3.8, 4) is 11.5 Å². The van der Waals surface area contributed by atoms with Crippen molar-refractivity contribution in [2.24, 2.45) is 0 Å². The summed E-state index contributed by atoms with van der Waals surface area (Å²) in [5.41, 5.74) is 0. The Morgan fingerprint density at radius 1 is 1.32 bits per heavy atom. The number of amides is 1. The molecule has 1 aliphatic heterocycles. The second kappa shape index (κ2) is 9.54. The van der Waals surface area contributed by atoms with E-state index < -0.39 is 0 Å². The Kier molecular flexibility index (Phi) is 8.06. The lowest BCUT2D eigenvalue weighted by Crippen LogP contribution is -2.41. The molecule has 0 radical (unpaired) electrons. The largest absolute Gasteiger partial charge is 0.497 e. The van der Waals surface area contributed by atoms with Gasteiger partial charge in [-0.15, -0.1) is 12.4 Å². The molecule has 1 aromatic carbocycles. The molecule has 1 amide bonds. The van der Waals surface area contributed by atoms with Gasteiger partial charge in [0.05, 0.1) is 20.1 Å². The van der Waals surface area contributed by atoms with Gasteiger partial charge in [-0.25, -0.2) is 0 Å². The maximum Gasteiger partial charge on any atom is 0.226 e. The van der Waals surface area contributed by atoms with Crippen LogP contribution in [0, 0.1) is 0 Å². The molecular weight excluding hydrogens is 304 g/mol. The van der Waals surface area contributed by atoms with Gasteiger partial charge in [0.2, 0.25) is 5.91 Å². The lowest BCUT2D eigenvalue weighted by atomic mass is 10.2. The molecule has 6 heteroatoms. The molecule has 1 heterocycles. The summed E-state index contributed by atoms with van der Waals surface area (Å²) < 4.78 is 10.7. The van der Waals surface area contributed by atoms with Gasteiger partial charge in [0.15, 0.2) is 0 Å². The van der Waals surface area contributed by atoms with Gasteiger partial charge in [0.25, 0.3) is 0 Å². The van der Waals surface area contributed by atoms with Crippen molar-refractivity contribution in [2.45, 2.75) is 25.3 Å². The van der Waals surface area contributed by atoms with E-state index in [4.69, 9.17) is 9.47 Å². The fourth-order valence-electron chi connectivity index (χ4n) is 2.68. The number of hydrogen-bond acceptors (Lipinski definition) is 4. The van der Waals surface area contributed by atoms with Crippen molar-refractivity contribution >= 4 is 18.3 Å². The van der Waals surface area contributed by atoms with E-state index in [9.17, 15) is 4.79 Å². The zero-order chi connectivity index (χ0) is 15.1. The van der Waals surface area contributed by atoms with Crippen LogP contribution in [0.3, 0.4) is 0 Å². The second-order valence-electron chi connectivity index (χ2n) is 5.21. The third-order valence-electron chi connectivity index (χ3n) is 3.78. The van der Waals surface area contributed by atoms with E-state index in [0.29, 0.717) is 19.1 Å². The Balaban J connectivity index is 0.00000242. The third-order valence-corrected chi connectivity index (χ3v) is 3.78. The molecule has 1 unspecified atom stereocenters. The van der Waals surface area contributed by atoms with Gasteiger partial charge in [-0.3, -0.25) is 4.79 Å². The first-order valence-electron chi connectivity index (χ1n) is 7.45. The summed E-state index contributed by atoms with van der Waals surface area (Å²) >= 11 is 0. The van der Waals surface area contributed by atoms with Crippen LogP contribution in [-0.2, 0) is 4.79 Å². The summed E-state index contributed by atoms with van der Waals surface area (Å²) in [5.74, 6) is 1.74. The molecule has 0 saturated carbocycles. The average Bonchev–Trinajstić information content (AvgIpc) is 2.96. The molecule has 5 nitrogen and oxygen atoms in total. The van der Waals surface area contributed by atoms with Crippen LogP contribution in [-0.4, -0.2) is 50.7 Å². The maximum absolute atomic E-state index is 12.2. The van der Waals surface area contributed by atoms with Gasteiger partial charge >= 0.3 is 0 Å². The van der Waals surface area contributed by atoms with Gasteiger partial charge in [0.1, 0.15) is 11.5 Å². The Labute approximate surface area is 138 Å². The highest BCUT2D eigenvalue weighted by Crippen LogP contribution is 2.19. The number of carbonyl (C=O) groups is 1. The molecule has 0 aromatic heterocycles. The first kappa shape index (κ1) is 18.6. The quantitative estimate of drug-likeness (QED) is 0.832. The number of likely N-dealkylation sites (N-methyl/N-ethyl adjacent to an activating group) is 1. The van der Waals surface area contributed by atoms with E-state index in [-0.39, 0.29) is 18.3 Å². The zero-order valence-electron chi connectivity index (χ0n) is 13.2. The number of carbonyl (C=O) groups excluding carboxylic acids is 1. The lowest BCUT2D eigenvalue weighted by molar-refractivity contribution is -0.132. The van der Waals surface area contributed by atoms with Crippen molar-refractivity contribution in [1.29, 1.82) is 0 Å². The molecule has 1 saturated heterocycles. The number of likely N-dealkylation sites (tertiary alicyclic amines) is 1. The van der Waals surface area contributed by atoms with Gasteiger partial charge in [-0.05, 0) is 44.2 Å². The van der Waals surface area contributed by atoms with Crippen LogP contribution in [0.2, 0.25) is 0 Å². The summed E-state index contributed by atoms with van der Waals surface area (Å²) in [6.45, 7) is 2.15. The Morgan fingerprint density at radius 3 is 2.64 bits per heavy atom. The summed E-state index contributed by atoms with van der Waals surface area (Å²) in [6, 6.07) is 7.73. The van der Waals surface area contributed by atoms with Crippen molar-refractivity contribution in [3.63, 3.8) is 0 Å². The molecule has 0 spiro atoms. The lowest BCUT2D eigenvalue weighted by Gasteiger charge is -2.24. The fourth-order valence-corrected chi connectivity index (χ4v) is 2.68. The third kappa shape index (κ3) is 5.07. The highest BCUT2D eigenvalue weighted by atomic mass is 35.5. The maximum atomic E-state index is 12.2. The van der Waals surface area contributed by atoms with Crippen molar-refractivity contribution < 1.29 is 14.3 Å².